The van der Waals surface area contributed by atoms with E-state index in [9.17, 15) is 9.59 Å². The van der Waals surface area contributed by atoms with Crippen LogP contribution in [-0.2, 0) is 23.2 Å². The van der Waals surface area contributed by atoms with Crippen LogP contribution in [0.4, 0.5) is 0 Å². The molecule has 3 aromatic rings. The molecule has 150 valence electrons. The first-order chi connectivity index (χ1) is 13.8. The van der Waals surface area contributed by atoms with Crippen molar-refractivity contribution in [3.8, 4) is 0 Å². The summed E-state index contributed by atoms with van der Waals surface area (Å²) in [6.07, 6.45) is 0.804. The number of rotatable bonds is 3. The van der Waals surface area contributed by atoms with Crippen LogP contribution < -0.4 is 5.32 Å². The number of aromatic amines is 1. The third kappa shape index (κ3) is 3.90. The van der Waals surface area contributed by atoms with E-state index in [4.69, 9.17) is 0 Å². The van der Waals surface area contributed by atoms with Gasteiger partial charge in [0.2, 0.25) is 5.91 Å². The van der Waals surface area contributed by atoms with Gasteiger partial charge in [-0.2, -0.15) is 0 Å². The first-order valence-corrected chi connectivity index (χ1v) is 10.1. The van der Waals surface area contributed by atoms with Crippen molar-refractivity contribution >= 4 is 22.7 Å². The van der Waals surface area contributed by atoms with Crippen LogP contribution in [0.25, 0.3) is 10.9 Å². The number of nitrogens with zero attached hydrogens (tertiary/aromatic N) is 1. The molecule has 5 nitrogen and oxygen atoms in total. The Labute approximate surface area is 171 Å². The maximum Gasteiger partial charge on any atom is 0.251 e. The van der Waals surface area contributed by atoms with E-state index in [1.807, 2.05) is 41.3 Å². The van der Waals surface area contributed by atoms with Crippen LogP contribution >= 0.6 is 0 Å². The van der Waals surface area contributed by atoms with Gasteiger partial charge in [0, 0.05) is 47.2 Å². The van der Waals surface area contributed by atoms with Gasteiger partial charge in [-0.1, -0.05) is 51.1 Å². The zero-order valence-electron chi connectivity index (χ0n) is 17.2. The largest absolute Gasteiger partial charge is 0.358 e. The molecule has 1 aromatic heterocycles. The highest BCUT2D eigenvalue weighted by atomic mass is 16.2. The van der Waals surface area contributed by atoms with Crippen LogP contribution in [0.5, 0.6) is 0 Å². The monoisotopic (exact) mass is 389 g/mol. The average Bonchev–Trinajstić information content (AvgIpc) is 3.09. The van der Waals surface area contributed by atoms with Crippen molar-refractivity contribution in [1.82, 2.24) is 15.2 Å². The molecule has 2 N–H and O–H groups in total. The number of fused-ring (bicyclic) bond motifs is 3. The zero-order valence-corrected chi connectivity index (χ0v) is 17.2. The zero-order chi connectivity index (χ0) is 20.6. The van der Waals surface area contributed by atoms with Gasteiger partial charge in [-0.3, -0.25) is 9.59 Å². The number of H-pyrrole nitrogens is 1. The molecule has 0 spiro atoms. The molecule has 0 fully saturated rings. The topological polar surface area (TPSA) is 65.2 Å². The summed E-state index contributed by atoms with van der Waals surface area (Å²) in [5.74, 6) is -0.274. The highest BCUT2D eigenvalue weighted by Crippen LogP contribution is 2.27. The van der Waals surface area contributed by atoms with Crippen LogP contribution in [-0.4, -0.2) is 34.8 Å². The Balaban J connectivity index is 1.38. The van der Waals surface area contributed by atoms with Crippen molar-refractivity contribution in [1.29, 1.82) is 0 Å². The van der Waals surface area contributed by atoms with Gasteiger partial charge in [0.1, 0.15) is 0 Å². The molecule has 2 aromatic carbocycles. The lowest BCUT2D eigenvalue weighted by molar-refractivity contribution is -0.131. The molecule has 0 saturated carbocycles. The molecule has 1 aliphatic heterocycles. The van der Waals surface area contributed by atoms with E-state index < -0.39 is 0 Å². The van der Waals surface area contributed by atoms with E-state index in [0.29, 0.717) is 18.7 Å². The molecule has 0 radical (unpaired) electrons. The highest BCUT2D eigenvalue weighted by Gasteiger charge is 2.24. The van der Waals surface area contributed by atoms with Crippen molar-refractivity contribution in [2.24, 2.45) is 0 Å². The lowest BCUT2D eigenvalue weighted by atomic mass is 9.87. The second-order valence-electron chi connectivity index (χ2n) is 8.70. The predicted octanol–water partition coefficient (Wildman–Crippen LogP) is 3.78. The van der Waals surface area contributed by atoms with Gasteiger partial charge in [-0.15, -0.1) is 0 Å². The molecule has 5 heteroatoms. The first kappa shape index (κ1) is 19.2. The third-order valence-corrected chi connectivity index (χ3v) is 5.65. The molecule has 0 unspecified atom stereocenters. The molecule has 2 amide bonds. The van der Waals surface area contributed by atoms with Crippen molar-refractivity contribution < 1.29 is 9.59 Å². The maximum absolute atomic E-state index is 12.7. The first-order valence-electron chi connectivity index (χ1n) is 10.1. The number of hydrogen-bond donors (Lipinski definition) is 2. The summed E-state index contributed by atoms with van der Waals surface area (Å²) in [5.41, 5.74) is 5.29. The summed E-state index contributed by atoms with van der Waals surface area (Å²) in [7, 11) is 0. The fraction of sp³-hybridized carbons (Fsp3) is 0.333. The van der Waals surface area contributed by atoms with Crippen LogP contribution in [0.1, 0.15) is 48.0 Å². The second kappa shape index (κ2) is 7.39. The molecule has 0 atom stereocenters. The van der Waals surface area contributed by atoms with E-state index in [0.717, 1.165) is 11.9 Å². The minimum absolute atomic E-state index is 0.0115. The van der Waals surface area contributed by atoms with Gasteiger partial charge in [-0.25, -0.2) is 0 Å². The number of carbonyl (C=O) groups is 2. The van der Waals surface area contributed by atoms with Gasteiger partial charge in [0.25, 0.3) is 5.91 Å². The molecular formula is C24H27N3O2. The molecule has 0 bridgehead atoms. The number of aromatic nitrogens is 1. The normalized spacial score (nSPS) is 14.0. The Kier molecular flexibility index (Phi) is 4.91. The van der Waals surface area contributed by atoms with E-state index in [1.165, 1.54) is 22.2 Å². The summed E-state index contributed by atoms with van der Waals surface area (Å²) in [6, 6.07) is 15.8. The molecular weight excluding hydrogens is 362 g/mol. The fourth-order valence-electron chi connectivity index (χ4n) is 3.87. The van der Waals surface area contributed by atoms with Gasteiger partial charge in [0.05, 0.1) is 6.54 Å². The summed E-state index contributed by atoms with van der Waals surface area (Å²) >= 11 is 0. The standard InChI is InChI=1S/C24H27N3O2/c1-24(2,3)17-10-8-16(9-11-17)23(29)25-14-22(28)27-13-12-21-19(15-27)18-6-4-5-7-20(18)26-21/h4-11,26H,12-15H2,1-3H3,(H,25,29). The molecule has 4 rings (SSSR count). The Morgan fingerprint density at radius 2 is 1.79 bits per heavy atom. The van der Waals surface area contributed by atoms with Crippen molar-refractivity contribution in [2.75, 3.05) is 13.1 Å². The van der Waals surface area contributed by atoms with Gasteiger partial charge >= 0.3 is 0 Å². The van der Waals surface area contributed by atoms with E-state index in [1.54, 1.807) is 0 Å². The Hall–Kier alpha value is -3.08. The minimum atomic E-state index is -0.219. The van der Waals surface area contributed by atoms with Crippen molar-refractivity contribution in [3.63, 3.8) is 0 Å². The van der Waals surface area contributed by atoms with E-state index in [-0.39, 0.29) is 23.8 Å². The number of carbonyl (C=O) groups excluding carboxylic acids is 2. The van der Waals surface area contributed by atoms with Crippen LogP contribution in [0.15, 0.2) is 48.5 Å². The third-order valence-electron chi connectivity index (χ3n) is 5.65. The van der Waals surface area contributed by atoms with E-state index >= 15 is 0 Å². The quantitative estimate of drug-likeness (QED) is 0.716. The van der Waals surface area contributed by atoms with Crippen LogP contribution in [0.3, 0.4) is 0 Å². The summed E-state index contributed by atoms with van der Waals surface area (Å²) in [4.78, 5) is 30.4. The maximum atomic E-state index is 12.7. The fourth-order valence-corrected chi connectivity index (χ4v) is 3.87. The number of nitrogens with one attached hydrogen (secondary N) is 2. The number of hydrogen-bond acceptors (Lipinski definition) is 2. The Morgan fingerprint density at radius 3 is 2.52 bits per heavy atom. The Morgan fingerprint density at radius 1 is 1.07 bits per heavy atom. The summed E-state index contributed by atoms with van der Waals surface area (Å²) < 4.78 is 0. The Bertz CT molecular complexity index is 1060. The average molecular weight is 389 g/mol. The van der Waals surface area contributed by atoms with E-state index in [2.05, 4.69) is 43.2 Å². The second-order valence-corrected chi connectivity index (χ2v) is 8.70. The molecule has 2 heterocycles. The molecule has 29 heavy (non-hydrogen) atoms. The van der Waals surface area contributed by atoms with Crippen LogP contribution in [0, 0.1) is 0 Å². The van der Waals surface area contributed by atoms with Gasteiger partial charge in [0.15, 0.2) is 0 Å². The molecule has 0 aliphatic carbocycles. The van der Waals surface area contributed by atoms with Crippen molar-refractivity contribution in [2.45, 2.75) is 39.2 Å². The lowest BCUT2D eigenvalue weighted by Gasteiger charge is -2.27. The van der Waals surface area contributed by atoms with Crippen molar-refractivity contribution in [3.05, 3.63) is 70.9 Å². The molecule has 1 aliphatic rings. The van der Waals surface area contributed by atoms with Crippen LogP contribution in [0.2, 0.25) is 0 Å². The lowest BCUT2D eigenvalue weighted by Crippen LogP contribution is -2.42. The predicted molar refractivity (Wildman–Crippen MR) is 115 cm³/mol. The SMILES string of the molecule is CC(C)(C)c1ccc(C(=O)NCC(=O)N2CCc3[nH]c4ccccc4c3C2)cc1. The van der Waals surface area contributed by atoms with Gasteiger partial charge in [-0.05, 0) is 29.2 Å². The number of benzene rings is 2. The highest BCUT2D eigenvalue weighted by molar-refractivity contribution is 5.96. The summed E-state index contributed by atoms with van der Waals surface area (Å²) in [5, 5.41) is 3.94. The molecule has 0 saturated heterocycles. The smallest absolute Gasteiger partial charge is 0.251 e. The minimum Gasteiger partial charge on any atom is -0.358 e. The number of para-hydroxylation sites is 1. The summed E-state index contributed by atoms with van der Waals surface area (Å²) in [6.45, 7) is 7.66. The number of amides is 2. The van der Waals surface area contributed by atoms with Gasteiger partial charge < -0.3 is 15.2 Å².